The van der Waals surface area contributed by atoms with Crippen LogP contribution in [0.5, 0.6) is 11.5 Å². The molecule has 0 aliphatic carbocycles. The maximum absolute atomic E-state index is 12.0. The van der Waals surface area contributed by atoms with Crippen LogP contribution in [-0.2, 0) is 4.74 Å². The molecule has 0 radical (unpaired) electrons. The summed E-state index contributed by atoms with van der Waals surface area (Å²) in [5.74, 6) is 0.352. The predicted molar refractivity (Wildman–Crippen MR) is 80.2 cm³/mol. The molecule has 2 aromatic heterocycles. The average molecular weight is 318 g/mol. The molecule has 0 saturated heterocycles. The van der Waals surface area contributed by atoms with Crippen molar-refractivity contribution in [1.29, 1.82) is 0 Å². The van der Waals surface area contributed by atoms with Gasteiger partial charge in [-0.15, -0.1) is 0 Å². The average Bonchev–Trinajstić information content (AvgIpc) is 2.89. The van der Waals surface area contributed by atoms with E-state index < -0.39 is 11.5 Å². The van der Waals surface area contributed by atoms with Crippen molar-refractivity contribution in [2.24, 2.45) is 0 Å². The number of rotatable bonds is 4. The molecule has 0 bridgehead atoms. The Morgan fingerprint density at radius 2 is 1.91 bits per heavy atom. The Bertz CT molecular complexity index is 959. The van der Waals surface area contributed by atoms with Gasteiger partial charge in [-0.05, 0) is 6.92 Å². The molecule has 9 nitrogen and oxygen atoms in total. The Morgan fingerprint density at radius 3 is 2.57 bits per heavy atom. The molecule has 120 valence electrons. The van der Waals surface area contributed by atoms with Crippen LogP contribution in [0.2, 0.25) is 0 Å². The van der Waals surface area contributed by atoms with Crippen molar-refractivity contribution in [3.63, 3.8) is 0 Å². The van der Waals surface area contributed by atoms with Gasteiger partial charge in [-0.3, -0.25) is 9.89 Å². The highest BCUT2D eigenvalue weighted by atomic mass is 16.5. The number of benzene rings is 1. The van der Waals surface area contributed by atoms with Gasteiger partial charge in [0.1, 0.15) is 0 Å². The molecule has 0 aliphatic heterocycles. The number of carbonyl (C=O) groups excluding carboxylic acids is 1. The lowest BCUT2D eigenvalue weighted by Crippen LogP contribution is -2.24. The molecule has 0 spiro atoms. The number of imidazole rings is 1. The Kier molecular flexibility index (Phi) is 3.61. The van der Waals surface area contributed by atoms with Crippen molar-refractivity contribution in [3.8, 4) is 11.5 Å². The molecule has 0 amide bonds. The van der Waals surface area contributed by atoms with Crippen molar-refractivity contribution < 1.29 is 19.0 Å². The van der Waals surface area contributed by atoms with E-state index in [1.807, 2.05) is 0 Å². The van der Waals surface area contributed by atoms with Gasteiger partial charge in [-0.1, -0.05) is 0 Å². The second-order valence-electron chi connectivity index (χ2n) is 4.56. The molecule has 9 heteroatoms. The summed E-state index contributed by atoms with van der Waals surface area (Å²) in [4.78, 5) is 32.1. The minimum absolute atomic E-state index is 0.149. The minimum atomic E-state index is -0.793. The summed E-state index contributed by atoms with van der Waals surface area (Å²) in [7, 11) is 3.02. The largest absolute Gasteiger partial charge is 0.493 e. The summed E-state index contributed by atoms with van der Waals surface area (Å²) in [5.41, 5.74) is 0.100. The second-order valence-corrected chi connectivity index (χ2v) is 4.56. The fourth-order valence-electron chi connectivity index (χ4n) is 2.22. The van der Waals surface area contributed by atoms with Crippen molar-refractivity contribution in [3.05, 3.63) is 28.2 Å². The summed E-state index contributed by atoms with van der Waals surface area (Å²) in [6, 6.07) is 3.32. The maximum Gasteiger partial charge on any atom is 0.362 e. The van der Waals surface area contributed by atoms with Gasteiger partial charge < -0.3 is 14.2 Å². The monoisotopic (exact) mass is 318 g/mol. The number of methoxy groups -OCH3 is 2. The standard InChI is InChI=1S/C14H14N4O5/c1-4-23-13(20)11-12(19)17-18-8-6-10(22-3)9(21-2)5-7(8)15-14(18)16-11/h5-6H,4H2,1-3H3,(H,17,19). The van der Waals surface area contributed by atoms with Crippen molar-refractivity contribution in [2.45, 2.75) is 6.92 Å². The molecule has 0 unspecified atom stereocenters. The van der Waals surface area contributed by atoms with Crippen LogP contribution >= 0.6 is 0 Å². The van der Waals surface area contributed by atoms with Gasteiger partial charge in [0.2, 0.25) is 5.69 Å². The van der Waals surface area contributed by atoms with E-state index in [0.29, 0.717) is 22.5 Å². The molecule has 1 N–H and O–H groups in total. The number of aromatic nitrogens is 4. The van der Waals surface area contributed by atoms with Crippen molar-refractivity contribution in [1.82, 2.24) is 19.6 Å². The Hall–Kier alpha value is -3.10. The zero-order valence-electron chi connectivity index (χ0n) is 12.7. The first-order valence-electron chi connectivity index (χ1n) is 6.80. The quantitative estimate of drug-likeness (QED) is 0.708. The first kappa shape index (κ1) is 14.8. The van der Waals surface area contributed by atoms with Gasteiger partial charge in [0, 0.05) is 12.1 Å². The Balaban J connectivity index is 2.27. The number of nitrogens with zero attached hydrogens (tertiary/aromatic N) is 3. The highest BCUT2D eigenvalue weighted by molar-refractivity contribution is 5.88. The van der Waals surface area contributed by atoms with E-state index in [0.717, 1.165) is 0 Å². The number of H-pyrrole nitrogens is 1. The number of aromatic amines is 1. The number of carbonyl (C=O) groups is 1. The minimum Gasteiger partial charge on any atom is -0.493 e. The summed E-state index contributed by atoms with van der Waals surface area (Å²) < 4.78 is 16.6. The van der Waals surface area contributed by atoms with E-state index in [2.05, 4.69) is 15.1 Å². The van der Waals surface area contributed by atoms with E-state index in [-0.39, 0.29) is 18.1 Å². The molecular formula is C14H14N4O5. The van der Waals surface area contributed by atoms with E-state index in [1.54, 1.807) is 19.1 Å². The van der Waals surface area contributed by atoms with Crippen LogP contribution in [0, 0.1) is 0 Å². The number of esters is 1. The molecule has 0 saturated carbocycles. The topological polar surface area (TPSA) is 108 Å². The highest BCUT2D eigenvalue weighted by Gasteiger charge is 2.18. The molecule has 0 aliphatic rings. The summed E-state index contributed by atoms with van der Waals surface area (Å²) >= 11 is 0. The molecule has 3 rings (SSSR count). The summed E-state index contributed by atoms with van der Waals surface area (Å²) in [6.45, 7) is 1.79. The third kappa shape index (κ3) is 2.35. The number of ether oxygens (including phenoxy) is 3. The van der Waals surface area contributed by atoms with E-state index in [1.165, 1.54) is 18.7 Å². The smallest absolute Gasteiger partial charge is 0.362 e. The van der Waals surface area contributed by atoms with E-state index in [9.17, 15) is 9.59 Å². The second kappa shape index (κ2) is 5.59. The number of hydrogen-bond donors (Lipinski definition) is 1. The zero-order chi connectivity index (χ0) is 16.6. The normalized spacial score (nSPS) is 10.9. The van der Waals surface area contributed by atoms with Crippen molar-refractivity contribution in [2.75, 3.05) is 20.8 Å². The summed E-state index contributed by atoms with van der Waals surface area (Å²) in [5, 5.41) is 2.55. The predicted octanol–water partition coefficient (Wildman–Crippen LogP) is 0.765. The Morgan fingerprint density at radius 1 is 1.22 bits per heavy atom. The fraction of sp³-hybridized carbons (Fsp3) is 0.286. The number of fused-ring (bicyclic) bond motifs is 3. The van der Waals surface area contributed by atoms with Crippen LogP contribution < -0.4 is 15.0 Å². The molecule has 0 atom stereocenters. The first-order chi connectivity index (χ1) is 11.1. The van der Waals surface area contributed by atoms with Gasteiger partial charge >= 0.3 is 5.97 Å². The lowest BCUT2D eigenvalue weighted by Gasteiger charge is -2.06. The highest BCUT2D eigenvalue weighted by Crippen LogP contribution is 2.31. The third-order valence-corrected chi connectivity index (χ3v) is 3.25. The number of nitrogens with one attached hydrogen (secondary N) is 1. The van der Waals surface area contributed by atoms with Crippen molar-refractivity contribution >= 4 is 22.8 Å². The Labute approximate surface area is 129 Å². The van der Waals surface area contributed by atoms with Crippen LogP contribution in [0.15, 0.2) is 16.9 Å². The van der Waals surface area contributed by atoms with Gasteiger partial charge in [0.15, 0.2) is 11.5 Å². The molecule has 23 heavy (non-hydrogen) atoms. The molecule has 3 aromatic rings. The van der Waals surface area contributed by atoms with Crippen LogP contribution in [0.3, 0.4) is 0 Å². The van der Waals surface area contributed by atoms with Gasteiger partial charge in [-0.25, -0.2) is 14.3 Å². The fourth-order valence-corrected chi connectivity index (χ4v) is 2.22. The van der Waals surface area contributed by atoms with E-state index >= 15 is 0 Å². The SMILES string of the molecule is CCOC(=O)c1nc2nc3cc(OC)c(OC)cc3n2[nH]c1=O. The maximum atomic E-state index is 12.0. The number of hydrogen-bond acceptors (Lipinski definition) is 7. The van der Waals surface area contributed by atoms with Crippen LogP contribution in [0.25, 0.3) is 16.8 Å². The van der Waals surface area contributed by atoms with Gasteiger partial charge in [0.05, 0.1) is 31.9 Å². The van der Waals surface area contributed by atoms with Crippen LogP contribution in [0.4, 0.5) is 0 Å². The van der Waals surface area contributed by atoms with Gasteiger partial charge in [0.25, 0.3) is 11.3 Å². The third-order valence-electron chi connectivity index (χ3n) is 3.25. The molecule has 2 heterocycles. The van der Waals surface area contributed by atoms with Crippen LogP contribution in [0.1, 0.15) is 17.4 Å². The molecule has 1 aromatic carbocycles. The van der Waals surface area contributed by atoms with E-state index in [4.69, 9.17) is 14.2 Å². The van der Waals surface area contributed by atoms with Gasteiger partial charge in [-0.2, -0.15) is 4.98 Å². The zero-order valence-corrected chi connectivity index (χ0v) is 12.7. The summed E-state index contributed by atoms with van der Waals surface area (Å²) in [6.07, 6.45) is 0. The molecule has 0 fully saturated rings. The lowest BCUT2D eigenvalue weighted by atomic mass is 10.3. The lowest BCUT2D eigenvalue weighted by molar-refractivity contribution is 0.0517. The first-order valence-corrected chi connectivity index (χ1v) is 6.80. The molecular weight excluding hydrogens is 304 g/mol. The van der Waals surface area contributed by atoms with Crippen LogP contribution in [-0.4, -0.2) is 46.4 Å².